The Balaban J connectivity index is 2.15. The standard InChI is InChI=1S/C11H13F2N3O/c12-11(13)6-7-16(8-11)10(15-17)14-9-4-2-1-3-5-9/h1-5,17H,6-8H2,(H,14,15). The highest BCUT2D eigenvalue weighted by atomic mass is 19.3. The molecule has 1 aliphatic rings. The minimum atomic E-state index is -2.71. The Morgan fingerprint density at radius 1 is 1.35 bits per heavy atom. The third kappa shape index (κ3) is 2.91. The molecule has 1 aromatic rings. The van der Waals surface area contributed by atoms with E-state index in [9.17, 15) is 8.78 Å². The van der Waals surface area contributed by atoms with Crippen molar-refractivity contribution in [3.05, 3.63) is 30.3 Å². The summed E-state index contributed by atoms with van der Waals surface area (Å²) in [4.78, 5) is 5.40. The first-order chi connectivity index (χ1) is 8.11. The predicted molar refractivity (Wildman–Crippen MR) is 59.6 cm³/mol. The molecule has 17 heavy (non-hydrogen) atoms. The van der Waals surface area contributed by atoms with Crippen molar-refractivity contribution >= 4 is 11.6 Å². The second-order valence-electron chi connectivity index (χ2n) is 3.91. The number of rotatable bonds is 1. The van der Waals surface area contributed by atoms with Crippen LogP contribution in [0.3, 0.4) is 0 Å². The van der Waals surface area contributed by atoms with Crippen molar-refractivity contribution in [3.63, 3.8) is 0 Å². The first-order valence-corrected chi connectivity index (χ1v) is 5.27. The lowest BCUT2D eigenvalue weighted by Gasteiger charge is -2.18. The van der Waals surface area contributed by atoms with Gasteiger partial charge in [-0.15, -0.1) is 0 Å². The Bertz CT molecular complexity index is 408. The molecule has 0 spiro atoms. The van der Waals surface area contributed by atoms with E-state index < -0.39 is 12.5 Å². The van der Waals surface area contributed by atoms with Crippen molar-refractivity contribution in [2.45, 2.75) is 12.3 Å². The molecule has 0 atom stereocenters. The molecule has 1 aromatic carbocycles. The minimum Gasteiger partial charge on any atom is -0.335 e. The van der Waals surface area contributed by atoms with Crippen LogP contribution >= 0.6 is 0 Å². The maximum absolute atomic E-state index is 13.0. The lowest BCUT2D eigenvalue weighted by molar-refractivity contribution is 0.0167. The zero-order chi connectivity index (χ0) is 12.3. The van der Waals surface area contributed by atoms with Crippen LogP contribution in [-0.4, -0.2) is 35.1 Å². The summed E-state index contributed by atoms with van der Waals surface area (Å²) >= 11 is 0. The predicted octanol–water partition coefficient (Wildman–Crippen LogP) is 1.99. The van der Waals surface area contributed by atoms with E-state index in [-0.39, 0.29) is 18.9 Å². The van der Waals surface area contributed by atoms with Crippen LogP contribution in [0, 0.1) is 0 Å². The van der Waals surface area contributed by atoms with Crippen molar-refractivity contribution in [1.29, 1.82) is 0 Å². The van der Waals surface area contributed by atoms with Gasteiger partial charge in [0.1, 0.15) is 0 Å². The Morgan fingerprint density at radius 3 is 2.59 bits per heavy atom. The van der Waals surface area contributed by atoms with Gasteiger partial charge in [-0.3, -0.25) is 5.21 Å². The summed E-state index contributed by atoms with van der Waals surface area (Å²) in [5, 5.41) is 8.95. The number of nitrogens with zero attached hydrogens (tertiary/aromatic N) is 2. The molecule has 92 valence electrons. The van der Waals surface area contributed by atoms with Crippen molar-refractivity contribution in [2.24, 2.45) is 4.99 Å². The zero-order valence-electron chi connectivity index (χ0n) is 9.11. The summed E-state index contributed by atoms with van der Waals surface area (Å²) in [6.07, 6.45) is -0.220. The van der Waals surface area contributed by atoms with E-state index in [1.807, 2.05) is 11.5 Å². The molecule has 0 aromatic heterocycles. The molecule has 1 aliphatic heterocycles. The second-order valence-corrected chi connectivity index (χ2v) is 3.91. The Morgan fingerprint density at radius 2 is 2.06 bits per heavy atom. The summed E-state index contributed by atoms with van der Waals surface area (Å²) in [6, 6.07) is 8.85. The van der Waals surface area contributed by atoms with Gasteiger partial charge in [-0.25, -0.2) is 19.3 Å². The molecule has 0 saturated carbocycles. The molecule has 0 bridgehead atoms. The van der Waals surface area contributed by atoms with Gasteiger partial charge in [0.05, 0.1) is 12.2 Å². The topological polar surface area (TPSA) is 47.9 Å². The first-order valence-electron chi connectivity index (χ1n) is 5.27. The normalized spacial score (nSPS) is 19.5. The van der Waals surface area contributed by atoms with E-state index in [4.69, 9.17) is 5.21 Å². The molecule has 1 saturated heterocycles. The number of aliphatic imine (C=N–C) groups is 1. The van der Waals surface area contributed by atoms with E-state index >= 15 is 0 Å². The van der Waals surface area contributed by atoms with Crippen molar-refractivity contribution in [2.75, 3.05) is 13.1 Å². The van der Waals surface area contributed by atoms with Crippen LogP contribution in [0.2, 0.25) is 0 Å². The fraction of sp³-hybridized carbons (Fsp3) is 0.364. The van der Waals surface area contributed by atoms with E-state index in [1.165, 1.54) is 4.90 Å². The number of likely N-dealkylation sites (tertiary alicyclic amines) is 1. The largest absolute Gasteiger partial charge is 0.335 e. The molecule has 0 aliphatic carbocycles. The zero-order valence-corrected chi connectivity index (χ0v) is 9.11. The maximum atomic E-state index is 13.0. The van der Waals surface area contributed by atoms with Crippen LogP contribution in [-0.2, 0) is 0 Å². The van der Waals surface area contributed by atoms with Gasteiger partial charge in [0.25, 0.3) is 5.92 Å². The second kappa shape index (κ2) is 4.67. The van der Waals surface area contributed by atoms with Crippen LogP contribution in [0.4, 0.5) is 14.5 Å². The van der Waals surface area contributed by atoms with Gasteiger partial charge >= 0.3 is 0 Å². The molecule has 1 heterocycles. The van der Waals surface area contributed by atoms with Gasteiger partial charge in [-0.05, 0) is 12.1 Å². The average molecular weight is 241 g/mol. The highest BCUT2D eigenvalue weighted by molar-refractivity contribution is 5.82. The fourth-order valence-electron chi connectivity index (χ4n) is 1.71. The number of hydrogen-bond acceptors (Lipinski definition) is 2. The monoisotopic (exact) mass is 241 g/mol. The van der Waals surface area contributed by atoms with Crippen LogP contribution in [0.25, 0.3) is 0 Å². The third-order valence-electron chi connectivity index (χ3n) is 2.56. The third-order valence-corrected chi connectivity index (χ3v) is 2.56. The maximum Gasteiger partial charge on any atom is 0.267 e. The molecule has 2 rings (SSSR count). The first kappa shape index (κ1) is 11.8. The van der Waals surface area contributed by atoms with Crippen LogP contribution in [0.15, 0.2) is 35.3 Å². The summed E-state index contributed by atoms with van der Waals surface area (Å²) < 4.78 is 26.0. The highest BCUT2D eigenvalue weighted by Crippen LogP contribution is 2.27. The molecule has 6 heteroatoms. The van der Waals surface area contributed by atoms with Gasteiger partial charge in [-0.1, -0.05) is 18.2 Å². The number of guanidine groups is 1. The number of hydroxylamine groups is 1. The number of nitrogens with one attached hydrogen (secondary N) is 1. The molecular formula is C11H13F2N3O. The summed E-state index contributed by atoms with van der Waals surface area (Å²) in [6.45, 7) is -0.252. The van der Waals surface area contributed by atoms with Crippen molar-refractivity contribution < 1.29 is 14.0 Å². The van der Waals surface area contributed by atoms with Crippen LogP contribution in [0.5, 0.6) is 0 Å². The highest BCUT2D eigenvalue weighted by Gasteiger charge is 2.39. The molecule has 0 radical (unpaired) electrons. The van der Waals surface area contributed by atoms with Gasteiger partial charge < -0.3 is 4.90 Å². The molecule has 0 amide bonds. The van der Waals surface area contributed by atoms with Crippen LogP contribution in [0.1, 0.15) is 6.42 Å². The van der Waals surface area contributed by atoms with Gasteiger partial charge in [0.15, 0.2) is 0 Å². The molecular weight excluding hydrogens is 228 g/mol. The average Bonchev–Trinajstić information content (AvgIpc) is 2.68. The van der Waals surface area contributed by atoms with Gasteiger partial charge in [0.2, 0.25) is 5.96 Å². The number of benzene rings is 1. The molecule has 2 N–H and O–H groups in total. The van der Waals surface area contributed by atoms with E-state index in [2.05, 4.69) is 4.99 Å². The van der Waals surface area contributed by atoms with E-state index in [0.717, 1.165) is 0 Å². The molecule has 0 unspecified atom stereocenters. The minimum absolute atomic E-state index is 0.0494. The quantitative estimate of drug-likeness (QED) is 0.449. The summed E-state index contributed by atoms with van der Waals surface area (Å²) in [5.74, 6) is -2.66. The number of alkyl halides is 2. The lowest BCUT2D eigenvalue weighted by Crippen LogP contribution is -2.39. The Kier molecular flexibility index (Phi) is 3.23. The van der Waals surface area contributed by atoms with Crippen molar-refractivity contribution in [3.8, 4) is 0 Å². The Labute approximate surface area is 97.5 Å². The number of hydrogen-bond donors (Lipinski definition) is 2. The van der Waals surface area contributed by atoms with E-state index in [1.54, 1.807) is 24.3 Å². The van der Waals surface area contributed by atoms with Gasteiger partial charge in [-0.2, -0.15) is 0 Å². The smallest absolute Gasteiger partial charge is 0.267 e. The molecule has 1 fully saturated rings. The number of halogens is 2. The van der Waals surface area contributed by atoms with Crippen LogP contribution < -0.4 is 5.48 Å². The SMILES string of the molecule is ONC(=Nc1ccccc1)N1CCC(F)(F)C1. The van der Waals surface area contributed by atoms with E-state index in [0.29, 0.717) is 5.69 Å². The van der Waals surface area contributed by atoms with Crippen molar-refractivity contribution in [1.82, 2.24) is 10.4 Å². The summed E-state index contributed by atoms with van der Waals surface area (Å²) in [7, 11) is 0. The Hall–Kier alpha value is -1.69. The van der Waals surface area contributed by atoms with Gasteiger partial charge in [0, 0.05) is 13.0 Å². The fourth-order valence-corrected chi connectivity index (χ4v) is 1.71. The lowest BCUT2D eigenvalue weighted by atomic mass is 10.3. The summed E-state index contributed by atoms with van der Waals surface area (Å²) in [5.41, 5.74) is 2.47. The molecule has 4 nitrogen and oxygen atoms in total. The number of para-hydroxylation sites is 1.